The van der Waals surface area contributed by atoms with Gasteiger partial charge in [0.2, 0.25) is 0 Å². The van der Waals surface area contributed by atoms with Gasteiger partial charge in [0, 0.05) is 5.54 Å². The van der Waals surface area contributed by atoms with Crippen molar-refractivity contribution in [2.75, 3.05) is 0 Å². The maximum atomic E-state index is 12.8. The van der Waals surface area contributed by atoms with Crippen LogP contribution in [0.4, 0.5) is 8.22 Å². The van der Waals surface area contributed by atoms with E-state index in [0.29, 0.717) is 6.42 Å². The largest absolute Gasteiger partial charge is 0.418 e. The number of halogens is 2. The van der Waals surface area contributed by atoms with Gasteiger partial charge in [0.05, 0.1) is 0 Å². The summed E-state index contributed by atoms with van der Waals surface area (Å²) in [4.78, 5) is 0. The lowest BCUT2D eigenvalue weighted by Crippen LogP contribution is -2.13. The summed E-state index contributed by atoms with van der Waals surface area (Å²) in [5.74, 6) is 0. The predicted octanol–water partition coefficient (Wildman–Crippen LogP) is 3.50. The average Bonchev–Trinajstić information content (AvgIpc) is 2.02. The molecule has 0 nitrogen and oxygen atoms in total. The van der Waals surface area contributed by atoms with E-state index in [9.17, 15) is 8.22 Å². The fourth-order valence-electron chi connectivity index (χ4n) is 1.78. The van der Waals surface area contributed by atoms with Crippen molar-refractivity contribution in [2.24, 2.45) is 0 Å². The molecule has 0 heterocycles. The lowest BCUT2D eigenvalue weighted by atomic mass is 10.0. The van der Waals surface area contributed by atoms with Crippen LogP contribution in [-0.4, -0.2) is 9.46 Å². The molecule has 0 bridgehead atoms. The lowest BCUT2D eigenvalue weighted by molar-refractivity contribution is 0.603. The molecule has 0 N–H and O–H groups in total. The number of hydrogen-bond acceptors (Lipinski definition) is 0. The summed E-state index contributed by atoms with van der Waals surface area (Å²) < 4.78 is 25.6. The smallest absolute Gasteiger partial charge is 0.274 e. The number of rotatable bonds is 3. The van der Waals surface area contributed by atoms with Gasteiger partial charge in [-0.2, -0.15) is 0 Å². The molecule has 0 fully saturated rings. The Bertz CT molecular complexity index is 290. The number of aryl methyl sites for hydroxylation is 2. The minimum Gasteiger partial charge on any atom is -0.274 e. The summed E-state index contributed by atoms with van der Waals surface area (Å²) in [6.07, 6.45) is 0.548. The van der Waals surface area contributed by atoms with Crippen molar-refractivity contribution >= 4 is 9.46 Å². The van der Waals surface area contributed by atoms with Crippen LogP contribution in [0.15, 0.2) is 18.2 Å². The molecule has 78 valence electrons. The Kier molecular flexibility index (Phi) is 3.81. The molecule has 0 amide bonds. The highest BCUT2D eigenvalue weighted by atomic mass is 28.4. The van der Waals surface area contributed by atoms with Crippen molar-refractivity contribution in [1.82, 2.24) is 0 Å². The summed E-state index contributed by atoms with van der Waals surface area (Å²) in [5, 5.41) is 0. The maximum Gasteiger partial charge on any atom is 0.418 e. The molecule has 3 heteroatoms. The SMILES string of the molecule is CCC(c1cc(C)cc(C)c1)[SiH](F)F. The van der Waals surface area contributed by atoms with E-state index in [2.05, 4.69) is 0 Å². The molecular formula is C11H16F2Si. The van der Waals surface area contributed by atoms with Gasteiger partial charge in [0.25, 0.3) is 0 Å². The van der Waals surface area contributed by atoms with Gasteiger partial charge in [0.1, 0.15) is 0 Å². The summed E-state index contributed by atoms with van der Waals surface area (Å²) in [7, 11) is -3.55. The molecule has 0 aliphatic carbocycles. The van der Waals surface area contributed by atoms with E-state index in [1.54, 1.807) is 0 Å². The minimum absolute atomic E-state index is 0.478. The third-order valence-electron chi connectivity index (χ3n) is 2.42. The second-order valence-electron chi connectivity index (χ2n) is 3.77. The van der Waals surface area contributed by atoms with Crippen molar-refractivity contribution in [3.8, 4) is 0 Å². The molecule has 1 aromatic rings. The monoisotopic (exact) mass is 214 g/mol. The Balaban J connectivity index is 3.04. The molecule has 0 spiro atoms. The molecule has 0 saturated carbocycles. The topological polar surface area (TPSA) is 0 Å². The van der Waals surface area contributed by atoms with E-state index in [1.165, 1.54) is 0 Å². The van der Waals surface area contributed by atoms with Crippen LogP contribution in [0.25, 0.3) is 0 Å². The van der Waals surface area contributed by atoms with E-state index in [-0.39, 0.29) is 0 Å². The summed E-state index contributed by atoms with van der Waals surface area (Å²) in [6.45, 7) is 5.74. The molecule has 0 saturated heterocycles. The zero-order valence-corrected chi connectivity index (χ0v) is 10.0. The van der Waals surface area contributed by atoms with Gasteiger partial charge in [-0.1, -0.05) is 36.2 Å². The van der Waals surface area contributed by atoms with Crippen LogP contribution >= 0.6 is 0 Å². The van der Waals surface area contributed by atoms with Gasteiger partial charge in [0.15, 0.2) is 0 Å². The molecule has 0 aliphatic rings. The van der Waals surface area contributed by atoms with E-state index >= 15 is 0 Å². The lowest BCUT2D eigenvalue weighted by Gasteiger charge is -2.14. The standard InChI is InChI=1S/C11H16F2Si/c1-4-11(14(12)13)10-6-8(2)5-9(3)7-10/h5-7,11,14H,4H2,1-3H3. The third kappa shape index (κ3) is 2.64. The third-order valence-corrected chi connectivity index (χ3v) is 3.88. The maximum absolute atomic E-state index is 12.8. The zero-order valence-electron chi connectivity index (χ0n) is 8.85. The summed E-state index contributed by atoms with van der Waals surface area (Å²) in [6, 6.07) is 5.80. The van der Waals surface area contributed by atoms with Crippen molar-refractivity contribution in [2.45, 2.75) is 32.7 Å². The highest BCUT2D eigenvalue weighted by Gasteiger charge is 2.23. The average molecular weight is 214 g/mol. The van der Waals surface area contributed by atoms with Crippen LogP contribution in [0, 0.1) is 13.8 Å². The molecule has 14 heavy (non-hydrogen) atoms. The number of benzene rings is 1. The summed E-state index contributed by atoms with van der Waals surface area (Å²) in [5.41, 5.74) is 2.50. The molecule has 0 radical (unpaired) electrons. The Morgan fingerprint density at radius 2 is 1.64 bits per heavy atom. The molecule has 1 aromatic carbocycles. The molecule has 1 rings (SSSR count). The highest BCUT2D eigenvalue weighted by Crippen LogP contribution is 2.25. The van der Waals surface area contributed by atoms with Crippen LogP contribution in [0.2, 0.25) is 0 Å². The van der Waals surface area contributed by atoms with Gasteiger partial charge < -0.3 is 0 Å². The molecule has 0 aromatic heterocycles. The highest BCUT2D eigenvalue weighted by molar-refractivity contribution is 6.44. The first-order valence-electron chi connectivity index (χ1n) is 4.91. The van der Waals surface area contributed by atoms with Gasteiger partial charge in [-0.25, -0.2) is 0 Å². The van der Waals surface area contributed by atoms with Crippen LogP contribution in [0.5, 0.6) is 0 Å². The Labute approximate surface area is 85.9 Å². The predicted molar refractivity (Wildman–Crippen MR) is 58.3 cm³/mol. The van der Waals surface area contributed by atoms with E-state index < -0.39 is 15.0 Å². The normalized spacial score (nSPS) is 13.3. The van der Waals surface area contributed by atoms with Crippen molar-refractivity contribution in [3.63, 3.8) is 0 Å². The first-order chi connectivity index (χ1) is 6.54. The summed E-state index contributed by atoms with van der Waals surface area (Å²) >= 11 is 0. The molecule has 0 aliphatic heterocycles. The van der Waals surface area contributed by atoms with Crippen LogP contribution < -0.4 is 0 Å². The van der Waals surface area contributed by atoms with Crippen LogP contribution in [0.1, 0.15) is 35.6 Å². The molecule has 1 atom stereocenters. The van der Waals surface area contributed by atoms with Crippen LogP contribution in [-0.2, 0) is 0 Å². The van der Waals surface area contributed by atoms with Crippen molar-refractivity contribution < 1.29 is 8.22 Å². The van der Waals surface area contributed by atoms with Gasteiger partial charge >= 0.3 is 9.46 Å². The zero-order chi connectivity index (χ0) is 10.7. The van der Waals surface area contributed by atoms with E-state index in [4.69, 9.17) is 0 Å². The first-order valence-corrected chi connectivity index (χ1v) is 6.45. The van der Waals surface area contributed by atoms with Gasteiger partial charge in [-0.15, -0.1) is 0 Å². The number of hydrogen-bond donors (Lipinski definition) is 0. The van der Waals surface area contributed by atoms with Gasteiger partial charge in [-0.05, 0) is 25.8 Å². The fourth-order valence-corrected chi connectivity index (χ4v) is 2.62. The van der Waals surface area contributed by atoms with Crippen LogP contribution in [0.3, 0.4) is 0 Å². The van der Waals surface area contributed by atoms with E-state index in [0.717, 1.165) is 16.7 Å². The fraction of sp³-hybridized carbons (Fsp3) is 0.455. The second kappa shape index (κ2) is 4.69. The minimum atomic E-state index is -3.55. The van der Waals surface area contributed by atoms with Gasteiger partial charge in [-0.3, -0.25) is 8.22 Å². The van der Waals surface area contributed by atoms with E-state index in [1.807, 2.05) is 39.0 Å². The first kappa shape index (κ1) is 11.4. The second-order valence-corrected chi connectivity index (χ2v) is 5.24. The van der Waals surface area contributed by atoms with Crippen molar-refractivity contribution in [1.29, 1.82) is 0 Å². The van der Waals surface area contributed by atoms with Crippen molar-refractivity contribution in [3.05, 3.63) is 34.9 Å². The Morgan fingerprint density at radius 1 is 1.14 bits per heavy atom. The quantitative estimate of drug-likeness (QED) is 0.533. The molecular weight excluding hydrogens is 198 g/mol. The molecule has 1 unspecified atom stereocenters. The Hall–Kier alpha value is -0.703. The Morgan fingerprint density at radius 3 is 2.00 bits per heavy atom.